The number of rotatable bonds is 3. The fourth-order valence-corrected chi connectivity index (χ4v) is 3.34. The normalized spacial score (nSPS) is 21.9. The molecule has 0 saturated heterocycles. The summed E-state index contributed by atoms with van der Waals surface area (Å²) in [6.07, 6.45) is 7.01. The van der Waals surface area contributed by atoms with Gasteiger partial charge in [0.1, 0.15) is 5.82 Å². The van der Waals surface area contributed by atoms with Crippen LogP contribution in [0.15, 0.2) is 18.3 Å². The van der Waals surface area contributed by atoms with Crippen LogP contribution < -0.4 is 5.32 Å². The van der Waals surface area contributed by atoms with E-state index >= 15 is 0 Å². The van der Waals surface area contributed by atoms with Gasteiger partial charge in [-0.1, -0.05) is 25.7 Å². The van der Waals surface area contributed by atoms with Gasteiger partial charge in [0.25, 0.3) is 5.91 Å². The van der Waals surface area contributed by atoms with Gasteiger partial charge in [0.15, 0.2) is 5.65 Å². The molecule has 7 heteroatoms. The first-order valence-electron chi connectivity index (χ1n) is 8.41. The third kappa shape index (κ3) is 3.39. The van der Waals surface area contributed by atoms with Crippen molar-refractivity contribution < 1.29 is 14.7 Å². The number of aromatic nitrogens is 3. The Morgan fingerprint density at radius 1 is 1.17 bits per heavy atom. The summed E-state index contributed by atoms with van der Waals surface area (Å²) in [5.41, 5.74) is 1.16. The maximum Gasteiger partial charge on any atom is 0.308 e. The van der Waals surface area contributed by atoms with Crippen molar-refractivity contribution >= 4 is 17.5 Å². The molecular weight excluding hydrogens is 308 g/mol. The van der Waals surface area contributed by atoms with Gasteiger partial charge < -0.3 is 10.4 Å². The second kappa shape index (κ2) is 6.98. The van der Waals surface area contributed by atoms with Crippen LogP contribution in [0.2, 0.25) is 0 Å². The molecule has 1 aliphatic rings. The number of pyridine rings is 1. The van der Waals surface area contributed by atoms with Gasteiger partial charge in [-0.15, -0.1) is 10.2 Å². The Kier molecular flexibility index (Phi) is 4.78. The molecule has 1 saturated carbocycles. The number of carbonyl (C=O) groups excluding carboxylic acids is 1. The fraction of sp³-hybridized carbons (Fsp3) is 0.529. The van der Waals surface area contributed by atoms with Crippen LogP contribution in [0.25, 0.3) is 5.65 Å². The minimum absolute atomic E-state index is 0.248. The van der Waals surface area contributed by atoms with E-state index in [2.05, 4.69) is 15.5 Å². The summed E-state index contributed by atoms with van der Waals surface area (Å²) < 4.78 is 1.75. The highest BCUT2D eigenvalue weighted by Gasteiger charge is 2.30. The van der Waals surface area contributed by atoms with E-state index in [0.717, 1.165) is 25.7 Å². The van der Waals surface area contributed by atoms with Crippen LogP contribution in [0.1, 0.15) is 54.7 Å². The first-order valence-corrected chi connectivity index (χ1v) is 8.41. The standard InChI is InChI=1S/C17H22N4O3/c1-11-19-20-15-9-8-12(10-21(11)15)16(22)18-14-7-5-3-2-4-6-13(14)17(23)24/h8-10,13-14H,2-7H2,1H3,(H,18,22)(H,23,24). The molecule has 2 atom stereocenters. The Morgan fingerprint density at radius 3 is 2.67 bits per heavy atom. The van der Waals surface area contributed by atoms with Crippen LogP contribution in [0.5, 0.6) is 0 Å². The molecule has 0 spiro atoms. The molecule has 2 aromatic rings. The van der Waals surface area contributed by atoms with Crippen molar-refractivity contribution in [3.05, 3.63) is 29.7 Å². The third-order valence-electron chi connectivity index (χ3n) is 4.73. The van der Waals surface area contributed by atoms with E-state index in [0.29, 0.717) is 29.9 Å². The molecule has 24 heavy (non-hydrogen) atoms. The largest absolute Gasteiger partial charge is 0.481 e. The van der Waals surface area contributed by atoms with E-state index in [1.54, 1.807) is 22.7 Å². The molecule has 1 aliphatic carbocycles. The molecule has 0 aliphatic heterocycles. The Hall–Kier alpha value is -2.44. The van der Waals surface area contributed by atoms with Crippen LogP contribution >= 0.6 is 0 Å². The summed E-state index contributed by atoms with van der Waals surface area (Å²) in [7, 11) is 0. The quantitative estimate of drug-likeness (QED) is 0.899. The van der Waals surface area contributed by atoms with Crippen LogP contribution in [0, 0.1) is 12.8 Å². The molecule has 7 nitrogen and oxygen atoms in total. The molecule has 0 aromatic carbocycles. The van der Waals surface area contributed by atoms with Crippen LogP contribution in [-0.2, 0) is 4.79 Å². The zero-order chi connectivity index (χ0) is 17.1. The zero-order valence-corrected chi connectivity index (χ0v) is 13.7. The summed E-state index contributed by atoms with van der Waals surface area (Å²) >= 11 is 0. The lowest BCUT2D eigenvalue weighted by Crippen LogP contribution is -2.44. The second-order valence-corrected chi connectivity index (χ2v) is 6.41. The summed E-state index contributed by atoms with van der Waals surface area (Å²) in [6, 6.07) is 3.10. The van der Waals surface area contributed by atoms with E-state index in [4.69, 9.17) is 0 Å². The summed E-state index contributed by atoms with van der Waals surface area (Å²) in [4.78, 5) is 24.2. The Labute approximate surface area is 140 Å². The smallest absolute Gasteiger partial charge is 0.308 e. The number of fused-ring (bicyclic) bond motifs is 1. The maximum atomic E-state index is 12.6. The first-order chi connectivity index (χ1) is 11.6. The average Bonchev–Trinajstić information content (AvgIpc) is 2.90. The van der Waals surface area contributed by atoms with Gasteiger partial charge >= 0.3 is 5.97 Å². The van der Waals surface area contributed by atoms with E-state index in [9.17, 15) is 14.7 Å². The highest BCUT2D eigenvalue weighted by Crippen LogP contribution is 2.23. The predicted octanol–water partition coefficient (Wildman–Crippen LogP) is 2.19. The lowest BCUT2D eigenvalue weighted by molar-refractivity contribution is -0.143. The summed E-state index contributed by atoms with van der Waals surface area (Å²) in [6.45, 7) is 1.82. The molecule has 0 bridgehead atoms. The molecular formula is C17H22N4O3. The molecule has 3 rings (SSSR count). The number of aryl methyl sites for hydroxylation is 1. The van der Waals surface area contributed by atoms with E-state index in [-0.39, 0.29) is 11.9 Å². The number of hydrogen-bond donors (Lipinski definition) is 2. The number of nitrogens with one attached hydrogen (secondary N) is 1. The van der Waals surface area contributed by atoms with Gasteiger partial charge in [-0.05, 0) is 31.9 Å². The fourth-order valence-electron chi connectivity index (χ4n) is 3.34. The van der Waals surface area contributed by atoms with E-state index in [1.807, 2.05) is 6.92 Å². The molecule has 1 fully saturated rings. The molecule has 2 N–H and O–H groups in total. The van der Waals surface area contributed by atoms with Crippen molar-refractivity contribution in [2.45, 2.75) is 51.5 Å². The van der Waals surface area contributed by atoms with Gasteiger partial charge in [0.2, 0.25) is 0 Å². The number of carbonyl (C=O) groups is 2. The molecule has 0 radical (unpaired) electrons. The van der Waals surface area contributed by atoms with Gasteiger partial charge in [-0.2, -0.15) is 0 Å². The van der Waals surface area contributed by atoms with E-state index < -0.39 is 11.9 Å². The minimum Gasteiger partial charge on any atom is -0.481 e. The third-order valence-corrected chi connectivity index (χ3v) is 4.73. The lowest BCUT2D eigenvalue weighted by Gasteiger charge is -2.27. The highest BCUT2D eigenvalue weighted by atomic mass is 16.4. The van der Waals surface area contributed by atoms with Crippen LogP contribution in [0.4, 0.5) is 0 Å². The van der Waals surface area contributed by atoms with Crippen molar-refractivity contribution in [2.75, 3.05) is 0 Å². The van der Waals surface area contributed by atoms with Crippen molar-refractivity contribution in [1.29, 1.82) is 0 Å². The number of nitrogens with zero attached hydrogens (tertiary/aromatic N) is 3. The topological polar surface area (TPSA) is 96.6 Å². The number of hydrogen-bond acceptors (Lipinski definition) is 4. The second-order valence-electron chi connectivity index (χ2n) is 6.41. The molecule has 128 valence electrons. The van der Waals surface area contributed by atoms with Gasteiger partial charge in [0.05, 0.1) is 11.5 Å². The Balaban J connectivity index is 1.79. The number of amides is 1. The average molecular weight is 330 g/mol. The molecule has 2 heterocycles. The summed E-state index contributed by atoms with van der Waals surface area (Å²) in [5.74, 6) is -0.891. The van der Waals surface area contributed by atoms with Crippen molar-refractivity contribution in [3.63, 3.8) is 0 Å². The van der Waals surface area contributed by atoms with Crippen molar-refractivity contribution in [3.8, 4) is 0 Å². The SMILES string of the molecule is Cc1nnc2ccc(C(=O)NC3CCCCCCC3C(=O)O)cn12. The minimum atomic E-state index is -0.827. The zero-order valence-electron chi connectivity index (χ0n) is 13.7. The van der Waals surface area contributed by atoms with Gasteiger partial charge in [0, 0.05) is 12.2 Å². The molecule has 2 unspecified atom stereocenters. The summed E-state index contributed by atoms with van der Waals surface area (Å²) in [5, 5.41) is 20.4. The van der Waals surface area contributed by atoms with E-state index in [1.165, 1.54) is 0 Å². The van der Waals surface area contributed by atoms with Crippen LogP contribution in [-0.4, -0.2) is 37.6 Å². The predicted molar refractivity (Wildman–Crippen MR) is 87.8 cm³/mol. The maximum absolute atomic E-state index is 12.6. The Bertz CT molecular complexity index is 755. The number of carboxylic acids is 1. The molecule has 2 aromatic heterocycles. The lowest BCUT2D eigenvalue weighted by atomic mass is 9.86. The van der Waals surface area contributed by atoms with Crippen molar-refractivity contribution in [2.24, 2.45) is 5.92 Å². The molecule has 1 amide bonds. The monoisotopic (exact) mass is 330 g/mol. The van der Waals surface area contributed by atoms with Crippen molar-refractivity contribution in [1.82, 2.24) is 19.9 Å². The van der Waals surface area contributed by atoms with Gasteiger partial charge in [-0.3, -0.25) is 14.0 Å². The number of aliphatic carboxylic acids is 1. The van der Waals surface area contributed by atoms with Crippen LogP contribution in [0.3, 0.4) is 0 Å². The first kappa shape index (κ1) is 16.4. The Morgan fingerprint density at radius 2 is 1.92 bits per heavy atom. The van der Waals surface area contributed by atoms with Gasteiger partial charge in [-0.25, -0.2) is 0 Å². The highest BCUT2D eigenvalue weighted by molar-refractivity contribution is 5.94. The number of carboxylic acid groups (broad SMARTS) is 1.